The zero-order valence-electron chi connectivity index (χ0n) is 21.1. The highest BCUT2D eigenvalue weighted by Crippen LogP contribution is 2.39. The first-order valence-electron chi connectivity index (χ1n) is 12.1. The van der Waals surface area contributed by atoms with Gasteiger partial charge in [-0.3, -0.25) is 0 Å². The molecule has 42 heavy (non-hydrogen) atoms. The van der Waals surface area contributed by atoms with Crippen LogP contribution in [0.2, 0.25) is 0 Å². The molecule has 0 radical (unpaired) electrons. The summed E-state index contributed by atoms with van der Waals surface area (Å²) < 4.78 is 175. The van der Waals surface area contributed by atoms with Crippen LogP contribution in [0.3, 0.4) is 0 Å². The van der Waals surface area contributed by atoms with Gasteiger partial charge in [0, 0.05) is 26.2 Å². The molecule has 1 saturated heterocycles. The molecular weight excluding hydrogens is 611 g/mol. The number of unbranched alkanes of at least 4 members (excludes halogenated alkanes) is 1. The molecule has 2 N–H and O–H groups in total. The number of nitrogens with zero attached hydrogens (tertiary/aromatic N) is 4. The van der Waals surface area contributed by atoms with Crippen molar-refractivity contribution in [2.24, 2.45) is 0 Å². The Kier molecular flexibility index (Phi) is 10.1. The molecule has 7 nitrogen and oxygen atoms in total. The Morgan fingerprint density at radius 3 is 1.71 bits per heavy atom. The highest BCUT2D eigenvalue weighted by Gasteiger charge is 2.59. The van der Waals surface area contributed by atoms with Gasteiger partial charge in [-0.25, -0.2) is 17.6 Å². The molecule has 0 unspecified atom stereocenters. The summed E-state index contributed by atoms with van der Waals surface area (Å²) in [5.41, 5.74) is -4.20. The number of rotatable bonds is 10. The Balaban J connectivity index is 1.67. The standard InChI is InChI=1S/C22H21F13N6O/c23-11-10(20(27,28)29)12(24)14(26)15(13(11)25)36-6-2-3-7-37-17-38-18(41-8-4-1-5-9-41)40-19(39-17)42-16(21(30,31)32)22(33,34)35/h16,36H,1-9H2,(H,37,38,39,40). The molecule has 1 aromatic heterocycles. The van der Waals surface area contributed by atoms with E-state index in [0.29, 0.717) is 25.9 Å². The first-order chi connectivity index (χ1) is 19.4. The van der Waals surface area contributed by atoms with Crippen LogP contribution in [0.25, 0.3) is 0 Å². The van der Waals surface area contributed by atoms with Crippen molar-refractivity contribution in [3.63, 3.8) is 0 Å². The average Bonchev–Trinajstić information content (AvgIpc) is 2.88. The maximum absolute atomic E-state index is 14.0. The SMILES string of the molecule is Fc1c(F)c(C(F)(F)F)c(F)c(F)c1NCCCCNc1nc(OC(C(F)(F)F)C(F)(F)F)nc(N2CCCCC2)n1. The minimum atomic E-state index is -5.84. The maximum Gasteiger partial charge on any atom is 0.434 e. The van der Waals surface area contributed by atoms with E-state index in [1.165, 1.54) is 4.90 Å². The van der Waals surface area contributed by atoms with E-state index in [1.54, 1.807) is 0 Å². The van der Waals surface area contributed by atoms with Gasteiger partial charge in [-0.05, 0) is 32.1 Å². The van der Waals surface area contributed by atoms with Crippen LogP contribution >= 0.6 is 0 Å². The molecule has 0 bridgehead atoms. The Labute approximate surface area is 228 Å². The van der Waals surface area contributed by atoms with Crippen LogP contribution < -0.4 is 20.3 Å². The number of ether oxygens (including phenoxy) is 1. The predicted molar refractivity (Wildman–Crippen MR) is 120 cm³/mol. The van der Waals surface area contributed by atoms with Crippen LogP contribution in [0.15, 0.2) is 0 Å². The normalized spacial score (nSPS) is 14.9. The lowest BCUT2D eigenvalue weighted by Gasteiger charge is -2.27. The molecule has 2 aromatic rings. The van der Waals surface area contributed by atoms with E-state index < -0.39 is 77.7 Å². The third-order valence-electron chi connectivity index (χ3n) is 5.80. The molecule has 236 valence electrons. The third-order valence-corrected chi connectivity index (χ3v) is 5.80. The average molecular weight is 632 g/mol. The van der Waals surface area contributed by atoms with E-state index in [1.807, 2.05) is 5.32 Å². The molecule has 1 aliphatic rings. The van der Waals surface area contributed by atoms with Crippen molar-refractivity contribution in [2.75, 3.05) is 41.7 Å². The molecule has 20 heteroatoms. The number of benzene rings is 1. The lowest BCUT2D eigenvalue weighted by atomic mass is 10.1. The predicted octanol–water partition coefficient (Wildman–Crippen LogP) is 6.61. The van der Waals surface area contributed by atoms with Crippen LogP contribution in [-0.4, -0.2) is 59.6 Å². The number of halogens is 13. The Hall–Kier alpha value is -3.48. The number of aromatic nitrogens is 3. The molecular formula is C22H21F13N6O. The van der Waals surface area contributed by atoms with Crippen molar-refractivity contribution in [1.29, 1.82) is 0 Å². The monoisotopic (exact) mass is 632 g/mol. The highest BCUT2D eigenvalue weighted by molar-refractivity contribution is 5.50. The summed E-state index contributed by atoms with van der Waals surface area (Å²) in [6.45, 7) is 0.167. The largest absolute Gasteiger partial charge is 0.440 e. The van der Waals surface area contributed by atoms with E-state index in [0.717, 1.165) is 6.42 Å². The van der Waals surface area contributed by atoms with Crippen molar-refractivity contribution in [3.8, 4) is 6.01 Å². The van der Waals surface area contributed by atoms with Gasteiger partial charge in [-0.1, -0.05) is 0 Å². The van der Waals surface area contributed by atoms with E-state index in [4.69, 9.17) is 0 Å². The summed E-state index contributed by atoms with van der Waals surface area (Å²) in [5.74, 6) is -10.6. The van der Waals surface area contributed by atoms with E-state index in [-0.39, 0.29) is 25.3 Å². The molecule has 1 fully saturated rings. The quantitative estimate of drug-likeness (QED) is 0.174. The summed E-state index contributed by atoms with van der Waals surface area (Å²) in [7, 11) is 0. The fraction of sp³-hybridized carbons (Fsp3) is 0.591. The van der Waals surface area contributed by atoms with Gasteiger partial charge in [-0.2, -0.15) is 54.5 Å². The Morgan fingerprint density at radius 1 is 0.690 bits per heavy atom. The van der Waals surface area contributed by atoms with E-state index in [2.05, 4.69) is 25.0 Å². The van der Waals surface area contributed by atoms with Crippen LogP contribution in [0, 0.1) is 23.3 Å². The number of anilines is 3. The number of hydrogen-bond donors (Lipinski definition) is 2. The lowest BCUT2D eigenvalue weighted by molar-refractivity contribution is -0.301. The van der Waals surface area contributed by atoms with Gasteiger partial charge >= 0.3 is 24.5 Å². The third kappa shape index (κ3) is 8.08. The molecule has 1 aliphatic heterocycles. The summed E-state index contributed by atoms with van der Waals surface area (Å²) in [4.78, 5) is 12.5. The topological polar surface area (TPSA) is 75.2 Å². The van der Waals surface area contributed by atoms with Crippen LogP contribution in [0.5, 0.6) is 6.01 Å². The maximum atomic E-state index is 14.0. The second-order valence-corrected chi connectivity index (χ2v) is 8.93. The van der Waals surface area contributed by atoms with Crippen LogP contribution in [0.1, 0.15) is 37.7 Å². The molecule has 0 aliphatic carbocycles. The zero-order chi connectivity index (χ0) is 31.5. The van der Waals surface area contributed by atoms with E-state index in [9.17, 15) is 57.1 Å². The summed E-state index contributed by atoms with van der Waals surface area (Å²) in [6.07, 6.45) is -19.5. The van der Waals surface area contributed by atoms with Crippen molar-refractivity contribution in [3.05, 3.63) is 28.8 Å². The summed E-state index contributed by atoms with van der Waals surface area (Å²) in [6, 6.07) is -1.26. The highest BCUT2D eigenvalue weighted by atomic mass is 19.4. The molecule has 1 aromatic carbocycles. The van der Waals surface area contributed by atoms with Crippen LogP contribution in [-0.2, 0) is 6.18 Å². The number of hydrogen-bond acceptors (Lipinski definition) is 7. The summed E-state index contributed by atoms with van der Waals surface area (Å²) >= 11 is 0. The van der Waals surface area contributed by atoms with Crippen molar-refractivity contribution in [2.45, 2.75) is 56.7 Å². The minimum absolute atomic E-state index is 0.0382. The zero-order valence-corrected chi connectivity index (χ0v) is 21.1. The molecule has 2 heterocycles. The van der Waals surface area contributed by atoms with Crippen molar-refractivity contribution < 1.29 is 61.8 Å². The Bertz CT molecular complexity index is 1190. The van der Waals surface area contributed by atoms with Gasteiger partial charge in [0.05, 0.1) is 0 Å². The van der Waals surface area contributed by atoms with Crippen molar-refractivity contribution >= 4 is 17.6 Å². The first kappa shape index (κ1) is 33.0. The molecule has 3 rings (SSSR count). The van der Waals surface area contributed by atoms with Gasteiger partial charge in [0.25, 0.3) is 6.10 Å². The number of nitrogens with one attached hydrogen (secondary N) is 2. The number of piperidine rings is 1. The second-order valence-electron chi connectivity index (χ2n) is 8.93. The fourth-order valence-electron chi connectivity index (χ4n) is 3.84. The van der Waals surface area contributed by atoms with E-state index >= 15 is 0 Å². The molecule has 0 amide bonds. The van der Waals surface area contributed by atoms with Crippen molar-refractivity contribution in [1.82, 2.24) is 15.0 Å². The van der Waals surface area contributed by atoms with Crippen LogP contribution in [0.4, 0.5) is 74.7 Å². The van der Waals surface area contributed by atoms with Gasteiger partial charge < -0.3 is 20.3 Å². The molecule has 0 spiro atoms. The molecule has 0 saturated carbocycles. The summed E-state index contributed by atoms with van der Waals surface area (Å²) in [5, 5.41) is 4.47. The minimum Gasteiger partial charge on any atom is -0.440 e. The van der Waals surface area contributed by atoms with Gasteiger partial charge in [-0.15, -0.1) is 0 Å². The second kappa shape index (κ2) is 12.8. The Morgan fingerprint density at radius 2 is 1.21 bits per heavy atom. The first-order valence-corrected chi connectivity index (χ1v) is 12.1. The fourth-order valence-corrected chi connectivity index (χ4v) is 3.84. The van der Waals surface area contributed by atoms with Gasteiger partial charge in [0.2, 0.25) is 11.9 Å². The smallest absolute Gasteiger partial charge is 0.434 e. The van der Waals surface area contributed by atoms with Gasteiger partial charge in [0.1, 0.15) is 11.3 Å². The number of alkyl halides is 9. The molecule has 0 atom stereocenters. The van der Waals surface area contributed by atoms with Gasteiger partial charge in [0.15, 0.2) is 23.3 Å². The lowest BCUT2D eigenvalue weighted by Crippen LogP contribution is -2.47.